The third-order valence-corrected chi connectivity index (χ3v) is 8.38. The first-order chi connectivity index (χ1) is 18.4. The van der Waals surface area contributed by atoms with Gasteiger partial charge >= 0.3 is 0 Å². The molecule has 0 aliphatic carbocycles. The molecule has 8 nitrogen and oxygen atoms in total. The zero-order valence-corrected chi connectivity index (χ0v) is 25.8. The highest BCUT2D eigenvalue weighted by molar-refractivity contribution is 7.92. The number of sulfonamides is 1. The van der Waals surface area contributed by atoms with E-state index in [1.165, 1.54) is 22.4 Å². The normalized spacial score (nSPS) is 12.1. The van der Waals surface area contributed by atoms with Crippen molar-refractivity contribution in [3.8, 4) is 5.75 Å². The van der Waals surface area contributed by atoms with Crippen LogP contribution >= 0.6 is 34.8 Å². The lowest BCUT2D eigenvalue weighted by atomic mass is 10.1. The summed E-state index contributed by atoms with van der Waals surface area (Å²) in [6, 6.07) is 9.00. The number of nitrogens with one attached hydrogen (secondary N) is 1. The smallest absolute Gasteiger partial charge is 0.242 e. The fourth-order valence-corrected chi connectivity index (χ4v) is 5.82. The van der Waals surface area contributed by atoms with Crippen LogP contribution in [0.1, 0.15) is 51.5 Å². The van der Waals surface area contributed by atoms with Gasteiger partial charge in [0.25, 0.3) is 0 Å². The molecule has 12 heteroatoms. The second-order valence-electron chi connectivity index (χ2n) is 9.05. The number of carbonyl (C=O) groups excluding carboxylic acids is 2. The fourth-order valence-electron chi connectivity index (χ4n) is 4.09. The van der Waals surface area contributed by atoms with Gasteiger partial charge in [0.15, 0.2) is 0 Å². The van der Waals surface area contributed by atoms with E-state index in [2.05, 4.69) is 5.32 Å². The third-order valence-electron chi connectivity index (χ3n) is 6.18. The Morgan fingerprint density at radius 3 is 2.23 bits per heavy atom. The Labute approximate surface area is 246 Å². The van der Waals surface area contributed by atoms with Crippen LogP contribution in [0.25, 0.3) is 0 Å². The predicted octanol–water partition coefficient (Wildman–Crippen LogP) is 5.93. The number of benzene rings is 2. The van der Waals surface area contributed by atoms with Crippen LogP contribution in [0.15, 0.2) is 36.4 Å². The van der Waals surface area contributed by atoms with Crippen molar-refractivity contribution in [3.05, 3.63) is 57.0 Å². The number of halogens is 3. The average Bonchev–Trinajstić information content (AvgIpc) is 2.87. The van der Waals surface area contributed by atoms with Crippen LogP contribution in [0.2, 0.25) is 15.1 Å². The van der Waals surface area contributed by atoms with Crippen molar-refractivity contribution in [2.24, 2.45) is 0 Å². The maximum atomic E-state index is 13.6. The van der Waals surface area contributed by atoms with E-state index >= 15 is 0 Å². The van der Waals surface area contributed by atoms with Crippen molar-refractivity contribution < 1.29 is 22.7 Å². The first-order valence-electron chi connectivity index (χ1n) is 12.8. The van der Waals surface area contributed by atoms with Crippen LogP contribution in [0.5, 0.6) is 5.75 Å². The van der Waals surface area contributed by atoms with Crippen LogP contribution in [0, 0.1) is 0 Å². The van der Waals surface area contributed by atoms with E-state index in [-0.39, 0.29) is 42.8 Å². The van der Waals surface area contributed by atoms with Gasteiger partial charge in [-0.2, -0.15) is 0 Å². The summed E-state index contributed by atoms with van der Waals surface area (Å²) in [7, 11) is -2.20. The van der Waals surface area contributed by atoms with Crippen molar-refractivity contribution in [1.82, 2.24) is 10.2 Å². The van der Waals surface area contributed by atoms with Crippen LogP contribution in [0.3, 0.4) is 0 Å². The highest BCUT2D eigenvalue weighted by atomic mass is 35.5. The molecule has 0 radical (unpaired) electrons. The van der Waals surface area contributed by atoms with Crippen LogP contribution in [-0.2, 0) is 26.2 Å². The van der Waals surface area contributed by atoms with E-state index in [1.807, 2.05) is 13.8 Å². The lowest BCUT2D eigenvalue weighted by Crippen LogP contribution is -2.49. The van der Waals surface area contributed by atoms with Gasteiger partial charge in [0.2, 0.25) is 21.8 Å². The van der Waals surface area contributed by atoms with Gasteiger partial charge in [-0.25, -0.2) is 8.42 Å². The Kier molecular flexibility index (Phi) is 13.2. The number of amides is 2. The highest BCUT2D eigenvalue weighted by Gasteiger charge is 2.30. The largest absolute Gasteiger partial charge is 0.495 e. The summed E-state index contributed by atoms with van der Waals surface area (Å²) in [4.78, 5) is 28.1. The molecule has 0 aromatic heterocycles. The number of anilines is 1. The summed E-state index contributed by atoms with van der Waals surface area (Å²) in [5.74, 6) is -0.154. The molecule has 0 aliphatic rings. The molecule has 0 saturated heterocycles. The molecule has 0 unspecified atom stereocenters. The molecule has 2 aromatic carbocycles. The molecule has 2 amide bonds. The van der Waals surface area contributed by atoms with Crippen LogP contribution in [0.4, 0.5) is 5.69 Å². The van der Waals surface area contributed by atoms with Gasteiger partial charge in [0.1, 0.15) is 11.8 Å². The maximum Gasteiger partial charge on any atom is 0.242 e. The Morgan fingerprint density at radius 1 is 1.03 bits per heavy atom. The maximum absolute atomic E-state index is 13.6. The van der Waals surface area contributed by atoms with Crippen LogP contribution in [-0.4, -0.2) is 57.6 Å². The van der Waals surface area contributed by atoms with Gasteiger partial charge < -0.3 is 15.0 Å². The van der Waals surface area contributed by atoms with Gasteiger partial charge in [-0.05, 0) is 49.6 Å². The molecular weight excluding hydrogens is 585 g/mol. The number of rotatable bonds is 15. The predicted molar refractivity (Wildman–Crippen MR) is 158 cm³/mol. The van der Waals surface area contributed by atoms with E-state index in [0.29, 0.717) is 40.0 Å². The quantitative estimate of drug-likeness (QED) is 0.249. The molecule has 0 saturated carbocycles. The number of hydrogen-bond acceptors (Lipinski definition) is 5. The summed E-state index contributed by atoms with van der Waals surface area (Å²) < 4.78 is 31.5. The first-order valence-corrected chi connectivity index (χ1v) is 15.7. The molecule has 1 atom stereocenters. The highest BCUT2D eigenvalue weighted by Crippen LogP contribution is 2.31. The summed E-state index contributed by atoms with van der Waals surface area (Å²) in [6.07, 6.45) is 3.42. The molecule has 216 valence electrons. The SMILES string of the molecule is CCCCNC(=O)[C@H](CC)N(Cc1c(Cl)cccc1Cl)C(=O)CCCN(c1ccc(OC)c(Cl)c1)S(C)(=O)=O. The lowest BCUT2D eigenvalue weighted by Gasteiger charge is -2.31. The Hall–Kier alpha value is -2.20. The molecule has 0 fully saturated rings. The van der Waals surface area contributed by atoms with Crippen molar-refractivity contribution in [2.45, 2.75) is 58.5 Å². The second-order valence-corrected chi connectivity index (χ2v) is 12.2. The number of unbranched alkanes of at least 4 members (excludes halogenated alkanes) is 1. The molecule has 0 aliphatic heterocycles. The molecule has 1 N–H and O–H groups in total. The Bertz CT molecular complexity index is 1220. The number of methoxy groups -OCH3 is 1. The van der Waals surface area contributed by atoms with Gasteiger partial charge in [-0.1, -0.05) is 61.1 Å². The van der Waals surface area contributed by atoms with Gasteiger partial charge in [0, 0.05) is 41.7 Å². The van der Waals surface area contributed by atoms with Crippen molar-refractivity contribution >= 4 is 62.3 Å². The van der Waals surface area contributed by atoms with E-state index in [4.69, 9.17) is 39.5 Å². The van der Waals surface area contributed by atoms with E-state index in [9.17, 15) is 18.0 Å². The number of hydrogen-bond donors (Lipinski definition) is 1. The first kappa shape index (κ1) is 33.0. The molecule has 0 bridgehead atoms. The zero-order chi connectivity index (χ0) is 29.2. The minimum atomic E-state index is -3.67. The van der Waals surface area contributed by atoms with Crippen LogP contribution < -0.4 is 14.4 Å². The number of nitrogens with zero attached hydrogens (tertiary/aromatic N) is 2. The molecule has 0 spiro atoms. The lowest BCUT2D eigenvalue weighted by molar-refractivity contribution is -0.141. The van der Waals surface area contributed by atoms with Gasteiger partial charge in [0.05, 0.1) is 24.1 Å². The molecule has 39 heavy (non-hydrogen) atoms. The summed E-state index contributed by atoms with van der Waals surface area (Å²) in [5, 5.41) is 3.95. The molecular formula is C27H36Cl3N3O5S. The molecule has 0 heterocycles. The Balaban J connectivity index is 2.27. The monoisotopic (exact) mass is 619 g/mol. The Morgan fingerprint density at radius 2 is 1.69 bits per heavy atom. The van der Waals surface area contributed by atoms with E-state index < -0.39 is 16.1 Å². The summed E-state index contributed by atoms with van der Waals surface area (Å²) in [5.41, 5.74) is 0.900. The standard InChI is InChI=1S/C27H36Cl3N3O5S/c1-5-7-15-31-27(35)24(6-2)32(18-20-21(28)10-8-11-22(20)29)26(34)12-9-16-33(39(4,36)37)19-13-14-25(38-3)23(30)17-19/h8,10-11,13-14,17,24H,5-7,9,12,15-16,18H2,1-4H3,(H,31,35)/t24-/m0/s1. The topological polar surface area (TPSA) is 96.0 Å². The third kappa shape index (κ3) is 9.45. The second kappa shape index (κ2) is 15.6. The number of carbonyl (C=O) groups is 2. The minimum absolute atomic E-state index is 0.00326. The zero-order valence-electron chi connectivity index (χ0n) is 22.7. The van der Waals surface area contributed by atoms with Gasteiger partial charge in [-0.3, -0.25) is 13.9 Å². The van der Waals surface area contributed by atoms with Gasteiger partial charge in [-0.15, -0.1) is 0 Å². The molecule has 2 rings (SSSR count). The fraction of sp³-hybridized carbons (Fsp3) is 0.481. The summed E-state index contributed by atoms with van der Waals surface area (Å²) in [6.45, 7) is 4.44. The number of ether oxygens (including phenoxy) is 1. The van der Waals surface area contributed by atoms with Crippen molar-refractivity contribution in [2.75, 3.05) is 30.8 Å². The van der Waals surface area contributed by atoms with Crippen molar-refractivity contribution in [3.63, 3.8) is 0 Å². The molecule has 2 aromatic rings. The van der Waals surface area contributed by atoms with E-state index in [1.54, 1.807) is 30.3 Å². The minimum Gasteiger partial charge on any atom is -0.495 e. The summed E-state index contributed by atoms with van der Waals surface area (Å²) >= 11 is 19.0. The average molecular weight is 621 g/mol. The van der Waals surface area contributed by atoms with E-state index in [0.717, 1.165) is 19.1 Å². The van der Waals surface area contributed by atoms with Crippen molar-refractivity contribution in [1.29, 1.82) is 0 Å².